The number of hydrogen-bond donors (Lipinski definition) is 1. The number of amides is 1. The fourth-order valence-electron chi connectivity index (χ4n) is 2.74. The molecule has 0 aliphatic carbocycles. The van der Waals surface area contributed by atoms with Gasteiger partial charge in [-0.25, -0.2) is 0 Å². The maximum absolute atomic E-state index is 12.7. The number of halogens is 1. The highest BCUT2D eigenvalue weighted by Gasteiger charge is 2.20. The van der Waals surface area contributed by atoms with Gasteiger partial charge in [-0.05, 0) is 37.1 Å². The number of hydrogen-bond acceptors (Lipinski definition) is 4. The van der Waals surface area contributed by atoms with Crippen molar-refractivity contribution >= 4 is 18.3 Å². The van der Waals surface area contributed by atoms with Crippen LogP contribution < -0.4 is 14.8 Å². The zero-order valence-electron chi connectivity index (χ0n) is 16.3. The van der Waals surface area contributed by atoms with E-state index >= 15 is 0 Å². The summed E-state index contributed by atoms with van der Waals surface area (Å²) in [6.45, 7) is 8.44. The summed E-state index contributed by atoms with van der Waals surface area (Å²) in [6.07, 6.45) is 0.797. The highest BCUT2D eigenvalue weighted by molar-refractivity contribution is 5.85. The van der Waals surface area contributed by atoms with Crippen LogP contribution in [-0.2, 0) is 11.2 Å². The number of rotatable bonds is 10. The van der Waals surface area contributed by atoms with E-state index in [4.69, 9.17) is 9.47 Å². The predicted molar refractivity (Wildman–Crippen MR) is 105 cm³/mol. The molecule has 0 radical (unpaired) electrons. The number of ether oxygens (including phenoxy) is 2. The Balaban J connectivity index is 0.00000576. The molecule has 144 valence electrons. The molecular formula is C19H33ClN2O3. The van der Waals surface area contributed by atoms with Gasteiger partial charge in [0, 0.05) is 25.6 Å². The van der Waals surface area contributed by atoms with Gasteiger partial charge in [-0.1, -0.05) is 26.8 Å². The van der Waals surface area contributed by atoms with E-state index in [1.54, 1.807) is 14.2 Å². The summed E-state index contributed by atoms with van der Waals surface area (Å²) >= 11 is 0. The van der Waals surface area contributed by atoms with Crippen LogP contribution in [-0.4, -0.2) is 51.7 Å². The van der Waals surface area contributed by atoms with Gasteiger partial charge in [0.15, 0.2) is 11.5 Å². The third kappa shape index (κ3) is 7.53. The van der Waals surface area contributed by atoms with Gasteiger partial charge in [0.25, 0.3) is 0 Å². The van der Waals surface area contributed by atoms with Gasteiger partial charge in [-0.15, -0.1) is 12.4 Å². The standard InChI is InChI=1S/C19H32N2O3.ClH/c1-14(2)13-21(19(22)15(3)12-20-4)10-9-16-7-8-17(23-5)18(11-16)24-6;/h7-8,11,14-15,20H,9-10,12-13H2,1-6H3;1H. The number of methoxy groups -OCH3 is 2. The fraction of sp³-hybridized carbons (Fsp3) is 0.632. The zero-order valence-corrected chi connectivity index (χ0v) is 17.1. The summed E-state index contributed by atoms with van der Waals surface area (Å²) in [5.41, 5.74) is 1.13. The summed E-state index contributed by atoms with van der Waals surface area (Å²) in [5.74, 6) is 2.08. The number of benzene rings is 1. The average Bonchev–Trinajstić information content (AvgIpc) is 2.57. The van der Waals surface area contributed by atoms with Gasteiger partial charge in [-0.2, -0.15) is 0 Å². The van der Waals surface area contributed by atoms with Gasteiger partial charge in [-0.3, -0.25) is 4.79 Å². The lowest BCUT2D eigenvalue weighted by atomic mass is 10.1. The van der Waals surface area contributed by atoms with Crippen molar-refractivity contribution in [3.05, 3.63) is 23.8 Å². The predicted octanol–water partition coefficient (Wildman–Crippen LogP) is 3.01. The summed E-state index contributed by atoms with van der Waals surface area (Å²) in [7, 11) is 5.14. The Bertz CT molecular complexity index is 523. The number of nitrogens with one attached hydrogen (secondary N) is 1. The summed E-state index contributed by atoms with van der Waals surface area (Å²) in [4.78, 5) is 14.6. The maximum Gasteiger partial charge on any atom is 0.226 e. The van der Waals surface area contributed by atoms with Crippen molar-refractivity contribution < 1.29 is 14.3 Å². The first-order valence-corrected chi connectivity index (χ1v) is 8.57. The van der Waals surface area contributed by atoms with Crippen LogP contribution in [0.4, 0.5) is 0 Å². The van der Waals surface area contributed by atoms with Crippen molar-refractivity contribution in [2.24, 2.45) is 11.8 Å². The van der Waals surface area contributed by atoms with Crippen LogP contribution in [0.1, 0.15) is 26.3 Å². The van der Waals surface area contributed by atoms with E-state index < -0.39 is 0 Å². The molecule has 1 aromatic rings. The van der Waals surface area contributed by atoms with Crippen molar-refractivity contribution in [3.63, 3.8) is 0 Å². The molecule has 1 aromatic carbocycles. The smallest absolute Gasteiger partial charge is 0.226 e. The highest BCUT2D eigenvalue weighted by Crippen LogP contribution is 2.27. The van der Waals surface area contributed by atoms with Crippen LogP contribution in [0.25, 0.3) is 0 Å². The van der Waals surface area contributed by atoms with Gasteiger partial charge < -0.3 is 19.7 Å². The Labute approximate surface area is 158 Å². The fourth-order valence-corrected chi connectivity index (χ4v) is 2.74. The van der Waals surface area contributed by atoms with Crippen molar-refractivity contribution in [1.29, 1.82) is 0 Å². The van der Waals surface area contributed by atoms with Gasteiger partial charge in [0.1, 0.15) is 0 Å². The van der Waals surface area contributed by atoms with E-state index in [1.165, 1.54) is 0 Å². The zero-order chi connectivity index (χ0) is 18.1. The Morgan fingerprint density at radius 2 is 1.80 bits per heavy atom. The molecule has 0 saturated carbocycles. The molecule has 0 heterocycles. The first-order valence-electron chi connectivity index (χ1n) is 8.57. The second kappa shape index (κ2) is 12.0. The van der Waals surface area contributed by atoms with E-state index in [1.807, 2.05) is 37.1 Å². The molecule has 0 fully saturated rings. The average molecular weight is 373 g/mol. The lowest BCUT2D eigenvalue weighted by Gasteiger charge is -2.27. The van der Waals surface area contributed by atoms with Crippen molar-refractivity contribution in [2.75, 3.05) is 40.9 Å². The minimum absolute atomic E-state index is 0. The second-order valence-electron chi connectivity index (χ2n) is 6.58. The van der Waals surface area contributed by atoms with E-state index in [0.29, 0.717) is 19.0 Å². The summed E-state index contributed by atoms with van der Waals surface area (Å²) in [6, 6.07) is 5.91. The molecular weight excluding hydrogens is 340 g/mol. The monoisotopic (exact) mass is 372 g/mol. The van der Waals surface area contributed by atoms with Crippen molar-refractivity contribution in [2.45, 2.75) is 27.2 Å². The molecule has 0 aliphatic rings. The molecule has 6 heteroatoms. The van der Waals surface area contributed by atoms with Gasteiger partial charge in [0.2, 0.25) is 5.91 Å². The van der Waals surface area contributed by atoms with Crippen LogP contribution in [0.2, 0.25) is 0 Å². The third-order valence-corrected chi connectivity index (χ3v) is 3.95. The van der Waals surface area contributed by atoms with Crippen molar-refractivity contribution in [1.82, 2.24) is 10.2 Å². The molecule has 0 aliphatic heterocycles. The lowest BCUT2D eigenvalue weighted by molar-refractivity contribution is -0.135. The molecule has 0 bridgehead atoms. The first-order chi connectivity index (χ1) is 11.4. The molecule has 0 aromatic heterocycles. The van der Waals surface area contributed by atoms with Gasteiger partial charge >= 0.3 is 0 Å². The van der Waals surface area contributed by atoms with Crippen LogP contribution >= 0.6 is 12.4 Å². The molecule has 0 saturated heterocycles. The molecule has 1 unspecified atom stereocenters. The molecule has 1 amide bonds. The van der Waals surface area contributed by atoms with Gasteiger partial charge in [0.05, 0.1) is 14.2 Å². The Kier molecular flexibility index (Phi) is 11.3. The number of carbonyl (C=O) groups excluding carboxylic acids is 1. The van der Waals surface area contributed by atoms with Crippen LogP contribution in [0.15, 0.2) is 18.2 Å². The number of carbonyl (C=O) groups is 1. The minimum atomic E-state index is -0.0147. The summed E-state index contributed by atoms with van der Waals surface area (Å²) in [5, 5.41) is 3.08. The molecule has 25 heavy (non-hydrogen) atoms. The minimum Gasteiger partial charge on any atom is -0.493 e. The quantitative estimate of drug-likeness (QED) is 0.686. The van der Waals surface area contributed by atoms with Crippen LogP contribution in [0, 0.1) is 11.8 Å². The SMILES string of the molecule is CNCC(C)C(=O)N(CCc1ccc(OC)c(OC)c1)CC(C)C.Cl. The third-order valence-electron chi connectivity index (χ3n) is 3.95. The molecule has 0 spiro atoms. The van der Waals surface area contributed by atoms with E-state index in [-0.39, 0.29) is 24.2 Å². The van der Waals surface area contributed by atoms with E-state index in [0.717, 1.165) is 30.0 Å². The molecule has 1 rings (SSSR count). The molecule has 5 nitrogen and oxygen atoms in total. The van der Waals surface area contributed by atoms with E-state index in [2.05, 4.69) is 19.2 Å². The Morgan fingerprint density at radius 3 is 2.32 bits per heavy atom. The first kappa shape index (κ1) is 23.5. The van der Waals surface area contributed by atoms with Crippen LogP contribution in [0.3, 0.4) is 0 Å². The van der Waals surface area contributed by atoms with Crippen LogP contribution in [0.5, 0.6) is 11.5 Å². The Morgan fingerprint density at radius 1 is 1.16 bits per heavy atom. The topological polar surface area (TPSA) is 50.8 Å². The number of nitrogens with zero attached hydrogens (tertiary/aromatic N) is 1. The summed E-state index contributed by atoms with van der Waals surface area (Å²) < 4.78 is 10.6. The van der Waals surface area contributed by atoms with Crippen molar-refractivity contribution in [3.8, 4) is 11.5 Å². The second-order valence-corrected chi connectivity index (χ2v) is 6.58. The largest absolute Gasteiger partial charge is 0.493 e. The normalized spacial score (nSPS) is 11.6. The lowest BCUT2D eigenvalue weighted by Crippen LogP contribution is -2.41. The Hall–Kier alpha value is -1.46. The van der Waals surface area contributed by atoms with E-state index in [9.17, 15) is 4.79 Å². The molecule has 1 N–H and O–H groups in total. The highest BCUT2D eigenvalue weighted by atomic mass is 35.5. The molecule has 1 atom stereocenters. The maximum atomic E-state index is 12.7.